The molecule has 25 heavy (non-hydrogen) atoms. The number of pyridine rings is 1. The van der Waals surface area contributed by atoms with Crippen LogP contribution in [0.15, 0.2) is 53.3 Å². The minimum atomic E-state index is -0.221. The van der Waals surface area contributed by atoms with Gasteiger partial charge in [0, 0.05) is 17.2 Å². The highest BCUT2D eigenvalue weighted by molar-refractivity contribution is 6.30. The molecule has 0 saturated carbocycles. The van der Waals surface area contributed by atoms with Gasteiger partial charge in [-0.15, -0.1) is 0 Å². The Morgan fingerprint density at radius 1 is 1.16 bits per heavy atom. The van der Waals surface area contributed by atoms with Crippen LogP contribution in [-0.4, -0.2) is 19.7 Å². The average molecular weight is 357 g/mol. The standard InChI is InChI=1S/C18H17ClN4O2/c1-11(2)22-16(24)9-8-15(21-22)13-10-14(19)18(20)23(25)17(13)12-6-4-3-5-7-12/h3-11,20,25H,1-2H3. The molecule has 2 aromatic heterocycles. The summed E-state index contributed by atoms with van der Waals surface area (Å²) in [6, 6.07) is 13.6. The first-order valence-electron chi connectivity index (χ1n) is 7.75. The van der Waals surface area contributed by atoms with Crippen molar-refractivity contribution < 1.29 is 5.21 Å². The summed E-state index contributed by atoms with van der Waals surface area (Å²) in [5.41, 5.74) is 1.67. The predicted octanol–water partition coefficient (Wildman–Crippen LogP) is 3.33. The second-order valence-electron chi connectivity index (χ2n) is 5.88. The van der Waals surface area contributed by atoms with Gasteiger partial charge in [0.2, 0.25) is 0 Å². The van der Waals surface area contributed by atoms with Crippen molar-refractivity contribution in [2.24, 2.45) is 0 Å². The van der Waals surface area contributed by atoms with Crippen LogP contribution in [0.2, 0.25) is 5.02 Å². The van der Waals surface area contributed by atoms with E-state index in [0.717, 1.165) is 4.73 Å². The zero-order valence-corrected chi connectivity index (χ0v) is 14.5. The molecule has 7 heteroatoms. The minimum Gasteiger partial charge on any atom is -0.426 e. The highest BCUT2D eigenvalue weighted by Gasteiger charge is 2.17. The Hall–Kier alpha value is -2.86. The Kier molecular flexibility index (Phi) is 4.46. The Bertz CT molecular complexity index is 1040. The van der Waals surface area contributed by atoms with Gasteiger partial charge in [-0.1, -0.05) is 41.9 Å². The second-order valence-corrected chi connectivity index (χ2v) is 6.28. The molecule has 2 N–H and O–H groups in total. The van der Waals surface area contributed by atoms with Crippen LogP contribution in [0.4, 0.5) is 0 Å². The molecule has 0 aliphatic rings. The average Bonchev–Trinajstić information content (AvgIpc) is 2.60. The second kappa shape index (κ2) is 6.57. The van der Waals surface area contributed by atoms with Crippen molar-refractivity contribution in [1.82, 2.24) is 14.5 Å². The lowest BCUT2D eigenvalue weighted by Crippen LogP contribution is -2.25. The van der Waals surface area contributed by atoms with Crippen LogP contribution >= 0.6 is 11.6 Å². The lowest BCUT2D eigenvalue weighted by atomic mass is 10.0. The molecule has 0 fully saturated rings. The van der Waals surface area contributed by atoms with Gasteiger partial charge in [-0.25, -0.2) is 4.68 Å². The molecule has 0 amide bonds. The lowest BCUT2D eigenvalue weighted by molar-refractivity contribution is 0.176. The molecule has 0 unspecified atom stereocenters. The number of nitrogens with zero attached hydrogens (tertiary/aromatic N) is 3. The van der Waals surface area contributed by atoms with Crippen LogP contribution < -0.4 is 11.0 Å². The Labute approximate surface area is 149 Å². The number of rotatable bonds is 3. The third-order valence-corrected chi connectivity index (χ3v) is 4.10. The van der Waals surface area contributed by atoms with E-state index in [2.05, 4.69) is 5.10 Å². The quantitative estimate of drug-likeness (QED) is 0.706. The molecule has 2 heterocycles. The van der Waals surface area contributed by atoms with Crippen LogP contribution in [0, 0.1) is 5.41 Å². The van der Waals surface area contributed by atoms with Crippen LogP contribution in [0.5, 0.6) is 0 Å². The topological polar surface area (TPSA) is 83.9 Å². The molecule has 6 nitrogen and oxygen atoms in total. The van der Waals surface area contributed by atoms with Gasteiger partial charge in [0.1, 0.15) is 0 Å². The maximum absolute atomic E-state index is 12.0. The third kappa shape index (κ3) is 3.08. The summed E-state index contributed by atoms with van der Waals surface area (Å²) >= 11 is 6.10. The van der Waals surface area contributed by atoms with E-state index in [1.54, 1.807) is 12.1 Å². The van der Waals surface area contributed by atoms with Gasteiger partial charge in [-0.2, -0.15) is 9.83 Å². The summed E-state index contributed by atoms with van der Waals surface area (Å²) in [5, 5.41) is 22.9. The molecule has 0 bridgehead atoms. The molecular weight excluding hydrogens is 340 g/mol. The van der Waals surface area contributed by atoms with Gasteiger partial charge in [0.05, 0.1) is 22.5 Å². The Morgan fingerprint density at radius 3 is 2.48 bits per heavy atom. The summed E-state index contributed by atoms with van der Waals surface area (Å²) in [6.45, 7) is 3.73. The van der Waals surface area contributed by atoms with Crippen LogP contribution in [-0.2, 0) is 0 Å². The van der Waals surface area contributed by atoms with Gasteiger partial charge >= 0.3 is 0 Å². The van der Waals surface area contributed by atoms with Crippen molar-refractivity contribution >= 4 is 11.6 Å². The van der Waals surface area contributed by atoms with Crippen LogP contribution in [0.3, 0.4) is 0 Å². The Balaban J connectivity index is 2.36. The highest BCUT2D eigenvalue weighted by Crippen LogP contribution is 2.30. The first-order chi connectivity index (χ1) is 11.9. The van der Waals surface area contributed by atoms with E-state index >= 15 is 0 Å². The summed E-state index contributed by atoms with van der Waals surface area (Å²) in [7, 11) is 0. The van der Waals surface area contributed by atoms with Crippen LogP contribution in [0.1, 0.15) is 19.9 Å². The largest absolute Gasteiger partial charge is 0.426 e. The van der Waals surface area contributed by atoms with E-state index < -0.39 is 0 Å². The fraction of sp³-hybridized carbons (Fsp3) is 0.167. The van der Waals surface area contributed by atoms with Crippen molar-refractivity contribution in [2.45, 2.75) is 19.9 Å². The van der Waals surface area contributed by atoms with Gasteiger partial charge in [0.15, 0.2) is 5.49 Å². The zero-order chi connectivity index (χ0) is 18.1. The number of aromatic nitrogens is 3. The van der Waals surface area contributed by atoms with Gasteiger partial charge < -0.3 is 5.21 Å². The Morgan fingerprint density at radius 2 is 1.84 bits per heavy atom. The van der Waals surface area contributed by atoms with Crippen LogP contribution in [0.25, 0.3) is 22.5 Å². The first kappa shape index (κ1) is 17.0. The minimum absolute atomic E-state index is 0.0845. The molecule has 1 aromatic carbocycles. The van der Waals surface area contributed by atoms with Crippen molar-refractivity contribution in [2.75, 3.05) is 0 Å². The maximum Gasteiger partial charge on any atom is 0.267 e. The molecule has 0 saturated heterocycles. The molecule has 3 aromatic rings. The molecule has 0 atom stereocenters. The van der Waals surface area contributed by atoms with Gasteiger partial charge in [0.25, 0.3) is 5.56 Å². The first-order valence-corrected chi connectivity index (χ1v) is 8.13. The molecule has 0 spiro atoms. The molecule has 3 rings (SSSR count). The zero-order valence-electron chi connectivity index (χ0n) is 13.8. The van der Waals surface area contributed by atoms with E-state index in [1.165, 1.54) is 10.7 Å². The number of halogens is 1. The smallest absolute Gasteiger partial charge is 0.267 e. The summed E-state index contributed by atoms with van der Waals surface area (Å²) in [5.74, 6) is 0. The van der Waals surface area contributed by atoms with Gasteiger partial charge in [-0.3, -0.25) is 10.2 Å². The van der Waals surface area contributed by atoms with E-state index in [4.69, 9.17) is 17.0 Å². The van der Waals surface area contributed by atoms with Crippen molar-refractivity contribution in [3.8, 4) is 22.5 Å². The van der Waals surface area contributed by atoms with Crippen molar-refractivity contribution in [3.63, 3.8) is 0 Å². The number of nitrogens with one attached hydrogen (secondary N) is 1. The number of benzene rings is 1. The fourth-order valence-corrected chi connectivity index (χ4v) is 2.79. The summed E-state index contributed by atoms with van der Waals surface area (Å²) in [4.78, 5) is 12.0. The lowest BCUT2D eigenvalue weighted by Gasteiger charge is -2.16. The molecule has 0 aliphatic heterocycles. The van der Waals surface area contributed by atoms with E-state index in [9.17, 15) is 10.0 Å². The number of hydrogen-bond donors (Lipinski definition) is 2. The van der Waals surface area contributed by atoms with Crippen molar-refractivity contribution in [1.29, 1.82) is 5.41 Å². The molecule has 0 aliphatic carbocycles. The third-order valence-electron chi connectivity index (χ3n) is 3.81. The predicted molar refractivity (Wildman–Crippen MR) is 95.8 cm³/mol. The SMILES string of the molecule is CC(C)n1nc(-c2cc(Cl)c(=N)n(O)c2-c2ccccc2)ccc1=O. The van der Waals surface area contributed by atoms with E-state index in [1.807, 2.05) is 44.2 Å². The molecule has 128 valence electrons. The fourth-order valence-electron chi connectivity index (χ4n) is 2.60. The summed E-state index contributed by atoms with van der Waals surface area (Å²) < 4.78 is 2.10. The van der Waals surface area contributed by atoms with E-state index in [0.29, 0.717) is 22.5 Å². The number of hydrogen-bond acceptors (Lipinski definition) is 4. The van der Waals surface area contributed by atoms with Crippen molar-refractivity contribution in [3.05, 3.63) is 69.4 Å². The molecule has 0 radical (unpaired) electrons. The normalized spacial score (nSPS) is 11.0. The van der Waals surface area contributed by atoms with E-state index in [-0.39, 0.29) is 22.1 Å². The maximum atomic E-state index is 12.0. The monoisotopic (exact) mass is 356 g/mol. The summed E-state index contributed by atoms with van der Waals surface area (Å²) in [6.07, 6.45) is 0. The highest BCUT2D eigenvalue weighted by atomic mass is 35.5. The van der Waals surface area contributed by atoms with Gasteiger partial charge in [-0.05, 0) is 26.0 Å². The molecular formula is C18H17ClN4O2.